The molecule has 4 aromatic rings. The lowest BCUT2D eigenvalue weighted by atomic mass is 10.0. The topological polar surface area (TPSA) is 113 Å². The molecular formula is C21H21N3O6S. The molecule has 1 N–H and O–H groups in total. The molecule has 9 nitrogen and oxygen atoms in total. The highest BCUT2D eigenvalue weighted by molar-refractivity contribution is 7.86. The molecule has 31 heavy (non-hydrogen) atoms. The first-order chi connectivity index (χ1) is 14.9. The first-order valence-corrected chi connectivity index (χ1v) is 11.2. The SMILES string of the molecule is COCCOc1cc2ncnc(-c3c[nH]c4ccc(OS(C)(=O)=O)cc34)c2cc1OC. The van der Waals surface area contributed by atoms with Crippen LogP contribution in [0.3, 0.4) is 0 Å². The van der Waals surface area contributed by atoms with Crippen molar-refractivity contribution in [3.05, 3.63) is 42.9 Å². The van der Waals surface area contributed by atoms with Crippen LogP contribution >= 0.6 is 0 Å². The van der Waals surface area contributed by atoms with Crippen molar-refractivity contribution in [2.45, 2.75) is 0 Å². The van der Waals surface area contributed by atoms with Crippen LogP contribution in [0.4, 0.5) is 0 Å². The molecule has 0 saturated carbocycles. The van der Waals surface area contributed by atoms with Gasteiger partial charge in [0.15, 0.2) is 11.5 Å². The second-order valence-corrected chi connectivity index (χ2v) is 8.36. The summed E-state index contributed by atoms with van der Waals surface area (Å²) >= 11 is 0. The van der Waals surface area contributed by atoms with Crippen LogP contribution in [0.1, 0.15) is 0 Å². The third-order valence-electron chi connectivity index (χ3n) is 4.62. The molecule has 162 valence electrons. The van der Waals surface area contributed by atoms with Crippen LogP contribution in [0.15, 0.2) is 42.9 Å². The second kappa shape index (κ2) is 8.40. The minimum atomic E-state index is -3.64. The molecule has 10 heteroatoms. The summed E-state index contributed by atoms with van der Waals surface area (Å²) in [6, 6.07) is 8.62. The van der Waals surface area contributed by atoms with E-state index in [4.69, 9.17) is 18.4 Å². The fraction of sp³-hybridized carbons (Fsp3) is 0.238. The largest absolute Gasteiger partial charge is 0.493 e. The van der Waals surface area contributed by atoms with Crippen LogP contribution in [0.5, 0.6) is 17.2 Å². The number of fused-ring (bicyclic) bond motifs is 2. The molecule has 0 fully saturated rings. The maximum absolute atomic E-state index is 11.5. The molecule has 0 aliphatic carbocycles. The molecule has 0 radical (unpaired) electrons. The van der Waals surface area contributed by atoms with Crippen molar-refractivity contribution < 1.29 is 26.8 Å². The van der Waals surface area contributed by atoms with Crippen LogP contribution < -0.4 is 13.7 Å². The molecule has 2 aromatic carbocycles. The monoisotopic (exact) mass is 443 g/mol. The van der Waals surface area contributed by atoms with E-state index in [0.717, 1.165) is 28.1 Å². The van der Waals surface area contributed by atoms with Gasteiger partial charge in [0.05, 0.1) is 31.2 Å². The number of methoxy groups -OCH3 is 2. The molecular weight excluding hydrogens is 422 g/mol. The minimum Gasteiger partial charge on any atom is -0.493 e. The van der Waals surface area contributed by atoms with E-state index in [-0.39, 0.29) is 5.75 Å². The van der Waals surface area contributed by atoms with Crippen molar-refractivity contribution >= 4 is 31.9 Å². The maximum atomic E-state index is 11.5. The fourth-order valence-corrected chi connectivity index (χ4v) is 3.76. The highest BCUT2D eigenvalue weighted by Gasteiger charge is 2.16. The molecule has 0 aliphatic heterocycles. The van der Waals surface area contributed by atoms with Gasteiger partial charge in [-0.3, -0.25) is 0 Å². The zero-order valence-electron chi connectivity index (χ0n) is 17.2. The van der Waals surface area contributed by atoms with Crippen LogP contribution in [0.2, 0.25) is 0 Å². The molecule has 0 unspecified atom stereocenters. The van der Waals surface area contributed by atoms with Crippen molar-refractivity contribution in [2.24, 2.45) is 0 Å². The van der Waals surface area contributed by atoms with Crippen LogP contribution in [0, 0.1) is 0 Å². The summed E-state index contributed by atoms with van der Waals surface area (Å²) < 4.78 is 44.4. The van der Waals surface area contributed by atoms with E-state index in [1.165, 1.54) is 6.33 Å². The quantitative estimate of drug-likeness (QED) is 0.326. The summed E-state index contributed by atoms with van der Waals surface area (Å²) in [4.78, 5) is 12.0. The average Bonchev–Trinajstić information content (AvgIpc) is 3.14. The summed E-state index contributed by atoms with van der Waals surface area (Å²) in [5, 5.41) is 1.52. The van der Waals surface area contributed by atoms with Crippen LogP contribution in [-0.4, -0.2) is 57.1 Å². The number of aromatic nitrogens is 3. The van der Waals surface area contributed by atoms with Crippen molar-refractivity contribution in [3.8, 4) is 28.5 Å². The Morgan fingerprint density at radius 1 is 1.00 bits per heavy atom. The number of H-pyrrole nitrogens is 1. The van der Waals surface area contributed by atoms with Crippen LogP contribution in [0.25, 0.3) is 33.1 Å². The fourth-order valence-electron chi connectivity index (χ4n) is 3.31. The van der Waals surface area contributed by atoms with Gasteiger partial charge in [-0.25, -0.2) is 9.97 Å². The van der Waals surface area contributed by atoms with Crippen molar-refractivity contribution in [1.29, 1.82) is 0 Å². The summed E-state index contributed by atoms with van der Waals surface area (Å²) in [5.74, 6) is 1.32. The van der Waals surface area contributed by atoms with Crippen LogP contribution in [-0.2, 0) is 14.9 Å². The number of aromatic amines is 1. The zero-order chi connectivity index (χ0) is 22.0. The van der Waals surface area contributed by atoms with Gasteiger partial charge in [-0.05, 0) is 24.3 Å². The molecule has 2 heterocycles. The molecule has 0 amide bonds. The van der Waals surface area contributed by atoms with E-state index in [2.05, 4.69) is 15.0 Å². The van der Waals surface area contributed by atoms with Gasteiger partial charge in [-0.2, -0.15) is 8.42 Å². The highest BCUT2D eigenvalue weighted by atomic mass is 32.2. The summed E-state index contributed by atoms with van der Waals surface area (Å²) in [6.07, 6.45) is 4.29. The lowest BCUT2D eigenvalue weighted by Crippen LogP contribution is -2.05. The standard InChI is InChI=1S/C21H21N3O6S/c1-27-6-7-29-20-10-18-15(9-19(20)28-2)21(24-12-23-18)16-11-22-17-5-4-13(8-14(16)17)30-31(3,25)26/h4-5,8-12,22H,6-7H2,1-3H3. The Bertz CT molecular complexity index is 1350. The van der Waals surface area contributed by atoms with Gasteiger partial charge < -0.3 is 23.4 Å². The van der Waals surface area contributed by atoms with Crippen molar-refractivity contribution in [2.75, 3.05) is 33.7 Å². The Balaban J connectivity index is 1.84. The van der Waals surface area contributed by atoms with Gasteiger partial charge in [0.25, 0.3) is 0 Å². The van der Waals surface area contributed by atoms with Gasteiger partial charge in [-0.1, -0.05) is 0 Å². The number of ether oxygens (including phenoxy) is 3. The molecule has 0 aliphatic rings. The molecule has 4 rings (SSSR count). The molecule has 0 atom stereocenters. The van der Waals surface area contributed by atoms with Gasteiger partial charge in [0.2, 0.25) is 0 Å². The molecule has 0 bridgehead atoms. The Hall–Kier alpha value is -3.37. The van der Waals surface area contributed by atoms with E-state index in [1.54, 1.807) is 38.5 Å². The Kier molecular flexibility index (Phi) is 5.66. The van der Waals surface area contributed by atoms with E-state index in [0.29, 0.717) is 35.9 Å². The summed E-state index contributed by atoms with van der Waals surface area (Å²) in [6.45, 7) is 0.825. The normalized spacial score (nSPS) is 11.7. The third-order valence-corrected chi connectivity index (χ3v) is 5.12. The van der Waals surface area contributed by atoms with Gasteiger partial charge in [-0.15, -0.1) is 0 Å². The highest BCUT2D eigenvalue weighted by Crippen LogP contribution is 2.38. The lowest BCUT2D eigenvalue weighted by Gasteiger charge is -2.13. The first kappa shape index (κ1) is 20.9. The predicted octanol–water partition coefficient (Wildman–Crippen LogP) is 3.15. The number of hydrogen-bond acceptors (Lipinski definition) is 8. The lowest BCUT2D eigenvalue weighted by molar-refractivity contribution is 0.144. The Morgan fingerprint density at radius 2 is 1.84 bits per heavy atom. The van der Waals surface area contributed by atoms with E-state index in [1.807, 2.05) is 12.3 Å². The number of nitrogens with one attached hydrogen (secondary N) is 1. The number of nitrogens with zero attached hydrogens (tertiary/aromatic N) is 2. The molecule has 2 aromatic heterocycles. The maximum Gasteiger partial charge on any atom is 0.306 e. The number of benzene rings is 2. The van der Waals surface area contributed by atoms with Gasteiger partial charge in [0.1, 0.15) is 18.7 Å². The molecule has 0 spiro atoms. The first-order valence-electron chi connectivity index (χ1n) is 9.35. The van der Waals surface area contributed by atoms with Gasteiger partial charge in [0, 0.05) is 41.2 Å². The number of rotatable bonds is 8. The second-order valence-electron chi connectivity index (χ2n) is 6.78. The smallest absolute Gasteiger partial charge is 0.306 e. The Morgan fingerprint density at radius 3 is 2.58 bits per heavy atom. The summed E-state index contributed by atoms with van der Waals surface area (Å²) in [5.41, 5.74) is 2.93. The van der Waals surface area contributed by atoms with Crippen molar-refractivity contribution in [3.63, 3.8) is 0 Å². The number of hydrogen-bond donors (Lipinski definition) is 1. The third kappa shape index (κ3) is 4.39. The van der Waals surface area contributed by atoms with Gasteiger partial charge >= 0.3 is 10.1 Å². The minimum absolute atomic E-state index is 0.223. The predicted molar refractivity (Wildman–Crippen MR) is 116 cm³/mol. The Labute approximate surface area is 179 Å². The van der Waals surface area contributed by atoms with Crippen molar-refractivity contribution in [1.82, 2.24) is 15.0 Å². The average molecular weight is 443 g/mol. The van der Waals surface area contributed by atoms with E-state index in [9.17, 15) is 8.42 Å². The molecule has 0 saturated heterocycles. The van der Waals surface area contributed by atoms with E-state index < -0.39 is 10.1 Å². The summed E-state index contributed by atoms with van der Waals surface area (Å²) in [7, 11) is -0.471. The zero-order valence-corrected chi connectivity index (χ0v) is 18.0. The van der Waals surface area contributed by atoms with E-state index >= 15 is 0 Å².